The number of allylic oxidation sites excluding steroid dienone is 1. The first-order valence-electron chi connectivity index (χ1n) is 11.7. The molecule has 4 aliphatic carbocycles. The van der Waals surface area contributed by atoms with Gasteiger partial charge in [-0.1, -0.05) is 44.5 Å². The summed E-state index contributed by atoms with van der Waals surface area (Å²) in [4.78, 5) is 27.3. The van der Waals surface area contributed by atoms with Crippen LogP contribution in [0.5, 0.6) is 0 Å². The van der Waals surface area contributed by atoms with E-state index in [0.717, 1.165) is 0 Å². The maximum absolute atomic E-state index is 14.3. The summed E-state index contributed by atoms with van der Waals surface area (Å²) < 4.78 is 7.13. The normalized spacial score (nSPS) is 42.1. The van der Waals surface area contributed by atoms with Crippen molar-refractivity contribution in [3.05, 3.63) is 40.2 Å². The van der Waals surface area contributed by atoms with E-state index in [4.69, 9.17) is 16.3 Å². The average Bonchev–Trinajstić information content (AvgIpc) is 3.04. The fourth-order valence-electron chi connectivity index (χ4n) is 7.35. The Bertz CT molecular complexity index is 1150. The molecule has 5 rings (SSSR count). The average molecular weight is 491 g/mol. The van der Waals surface area contributed by atoms with E-state index in [9.17, 15) is 24.9 Å². The molecule has 2 fully saturated rings. The van der Waals surface area contributed by atoms with Gasteiger partial charge in [0.1, 0.15) is 6.10 Å². The third-order valence-corrected chi connectivity index (χ3v) is 9.38. The third kappa shape index (κ3) is 2.74. The number of aromatic nitrogens is 2. The Balaban J connectivity index is 1.64. The van der Waals surface area contributed by atoms with Gasteiger partial charge in [-0.05, 0) is 47.7 Å². The van der Waals surface area contributed by atoms with Crippen molar-refractivity contribution in [3.63, 3.8) is 0 Å². The van der Waals surface area contributed by atoms with Gasteiger partial charge in [0.05, 0.1) is 17.0 Å². The van der Waals surface area contributed by atoms with Crippen LogP contribution in [-0.4, -0.2) is 61.3 Å². The number of fused-ring (bicyclic) bond motifs is 3. The second kappa shape index (κ2) is 7.26. The van der Waals surface area contributed by atoms with Crippen LogP contribution in [0.4, 0.5) is 0 Å². The van der Waals surface area contributed by atoms with Crippen LogP contribution in [0.1, 0.15) is 44.6 Å². The second-order valence-electron chi connectivity index (χ2n) is 11.2. The highest BCUT2D eigenvalue weighted by Gasteiger charge is 2.76. The third-order valence-electron chi connectivity index (χ3n) is 9.10. The Morgan fingerprint density at radius 3 is 2.65 bits per heavy atom. The number of ether oxygens (including phenoxy) is 1. The smallest absolute Gasteiger partial charge is 0.361 e. The number of carbonyl (C=O) groups is 2. The Kier molecular flexibility index (Phi) is 5.07. The standard InChI is InChI=1S/C25H31ClN2O6/c1-11-8-24-12(2)6-15-17(23(15,3)4)14(20(24)31)7-13(10-29)19(30)25(24,33)21(11)34-22(32)18-16(26)9-28(5)27-18/h7-9,12,14-15,17,19,21,29-30,33H,6,10H2,1-5H3/t12?,14-,15+,17-,19+,21-,24?,25-/m0/s1. The zero-order chi connectivity index (χ0) is 25.0. The fraction of sp³-hybridized carbons (Fsp3) is 0.640. The lowest BCUT2D eigenvalue weighted by Crippen LogP contribution is -2.65. The number of hydrogen-bond acceptors (Lipinski definition) is 7. The Morgan fingerprint density at radius 2 is 2.06 bits per heavy atom. The first-order chi connectivity index (χ1) is 15.8. The Hall–Kier alpha value is -2.00. The molecule has 0 aromatic carbocycles. The molecule has 0 amide bonds. The van der Waals surface area contributed by atoms with Crippen molar-refractivity contribution in [2.24, 2.45) is 41.5 Å². The molecule has 9 heteroatoms. The minimum absolute atomic E-state index is 0.0559. The minimum Gasteiger partial charge on any atom is -0.450 e. The molecule has 3 N–H and O–H groups in total. The van der Waals surface area contributed by atoms with E-state index in [2.05, 4.69) is 18.9 Å². The zero-order valence-electron chi connectivity index (χ0n) is 19.9. The molecule has 0 aliphatic heterocycles. The molecule has 0 radical (unpaired) electrons. The van der Waals surface area contributed by atoms with Gasteiger partial charge < -0.3 is 20.1 Å². The summed E-state index contributed by atoms with van der Waals surface area (Å²) in [6.45, 7) is 7.34. The number of aliphatic hydroxyl groups is 3. The molecule has 8 nitrogen and oxygen atoms in total. The highest BCUT2D eigenvalue weighted by molar-refractivity contribution is 6.33. The van der Waals surface area contributed by atoms with E-state index in [1.807, 2.05) is 6.92 Å². The monoisotopic (exact) mass is 490 g/mol. The highest BCUT2D eigenvalue weighted by Crippen LogP contribution is 2.71. The van der Waals surface area contributed by atoms with Crippen molar-refractivity contribution >= 4 is 23.4 Å². The number of hydrogen-bond donors (Lipinski definition) is 3. The van der Waals surface area contributed by atoms with Gasteiger partial charge in [0.25, 0.3) is 0 Å². The van der Waals surface area contributed by atoms with Crippen molar-refractivity contribution in [3.8, 4) is 0 Å². The lowest BCUT2D eigenvalue weighted by molar-refractivity contribution is -0.190. The van der Waals surface area contributed by atoms with Crippen LogP contribution in [0.15, 0.2) is 29.5 Å². The maximum atomic E-state index is 14.3. The van der Waals surface area contributed by atoms with Crippen molar-refractivity contribution in [1.29, 1.82) is 0 Å². The molecule has 0 saturated heterocycles. The number of Topliss-reactive ketones (excluding diaryl/α,β-unsaturated/α-hetero) is 1. The van der Waals surface area contributed by atoms with Crippen LogP contribution in [-0.2, 0) is 16.6 Å². The van der Waals surface area contributed by atoms with E-state index >= 15 is 0 Å². The molecule has 2 unspecified atom stereocenters. The number of esters is 1. The molecule has 1 aromatic heterocycles. The lowest BCUT2D eigenvalue weighted by atomic mass is 9.59. The highest BCUT2D eigenvalue weighted by atomic mass is 35.5. The Morgan fingerprint density at radius 1 is 1.38 bits per heavy atom. The van der Waals surface area contributed by atoms with E-state index in [1.54, 1.807) is 26.1 Å². The predicted octanol–water partition coefficient (Wildman–Crippen LogP) is 2.07. The van der Waals surface area contributed by atoms with E-state index < -0.39 is 41.7 Å². The van der Waals surface area contributed by atoms with Crippen molar-refractivity contribution < 1.29 is 29.6 Å². The summed E-state index contributed by atoms with van der Waals surface area (Å²) in [5, 5.41) is 38.1. The van der Waals surface area contributed by atoms with Gasteiger partial charge in [0.15, 0.2) is 23.2 Å². The van der Waals surface area contributed by atoms with Crippen molar-refractivity contribution in [2.75, 3.05) is 6.61 Å². The van der Waals surface area contributed by atoms with Crippen LogP contribution in [0.3, 0.4) is 0 Å². The summed E-state index contributed by atoms with van der Waals surface area (Å²) in [7, 11) is 1.61. The fourth-order valence-corrected chi connectivity index (χ4v) is 7.61. The second-order valence-corrected chi connectivity index (χ2v) is 11.6. The van der Waals surface area contributed by atoms with Crippen molar-refractivity contribution in [1.82, 2.24) is 9.78 Å². The largest absolute Gasteiger partial charge is 0.450 e. The zero-order valence-corrected chi connectivity index (χ0v) is 20.7. The molecule has 184 valence electrons. The molecule has 4 aliphatic rings. The van der Waals surface area contributed by atoms with Gasteiger partial charge in [0.2, 0.25) is 0 Å². The first kappa shape index (κ1) is 23.7. The lowest BCUT2D eigenvalue weighted by Gasteiger charge is -2.48. The summed E-state index contributed by atoms with van der Waals surface area (Å²) in [6.07, 6.45) is 2.55. The van der Waals surface area contributed by atoms with Gasteiger partial charge in [-0.3, -0.25) is 9.48 Å². The van der Waals surface area contributed by atoms with E-state index in [0.29, 0.717) is 12.0 Å². The number of rotatable bonds is 3. The quantitative estimate of drug-likeness (QED) is 0.438. The first-order valence-corrected chi connectivity index (χ1v) is 12.1. The molecule has 1 heterocycles. The molecule has 1 spiro atoms. The van der Waals surface area contributed by atoms with Crippen LogP contribution in [0, 0.1) is 34.5 Å². The Labute approximate surface area is 203 Å². The van der Waals surface area contributed by atoms with Crippen LogP contribution in [0.2, 0.25) is 5.02 Å². The van der Waals surface area contributed by atoms with Gasteiger partial charge in [0, 0.05) is 19.2 Å². The van der Waals surface area contributed by atoms with E-state index in [-0.39, 0.29) is 45.2 Å². The van der Waals surface area contributed by atoms with Crippen LogP contribution >= 0.6 is 11.6 Å². The number of ketones is 1. The number of carbonyl (C=O) groups excluding carboxylic acids is 2. The predicted molar refractivity (Wildman–Crippen MR) is 123 cm³/mol. The van der Waals surface area contributed by atoms with Gasteiger partial charge in [-0.15, -0.1) is 0 Å². The molecular weight excluding hydrogens is 460 g/mol. The maximum Gasteiger partial charge on any atom is 0.361 e. The topological polar surface area (TPSA) is 122 Å². The molecule has 34 heavy (non-hydrogen) atoms. The molecule has 1 aromatic rings. The molecule has 2 bridgehead atoms. The summed E-state index contributed by atoms with van der Waals surface area (Å²) in [6, 6.07) is 0. The van der Waals surface area contributed by atoms with Crippen molar-refractivity contribution in [2.45, 2.75) is 51.9 Å². The SMILES string of the molecule is CC1=CC23C(=O)[C@@H](C=C(CO)[C@@H](O)[C@]2(O)[C@H]1OC(=O)c1nn(C)cc1Cl)[C@H]1[C@@H](CC3C)C1(C)C. The van der Waals surface area contributed by atoms with E-state index in [1.165, 1.54) is 10.9 Å². The number of aryl methyl sites for hydroxylation is 1. The molecular formula is C25H31ClN2O6. The van der Waals surface area contributed by atoms with Gasteiger partial charge in [-0.25, -0.2) is 4.79 Å². The summed E-state index contributed by atoms with van der Waals surface area (Å²) >= 11 is 6.13. The molecule has 2 saturated carbocycles. The van der Waals surface area contributed by atoms with Gasteiger partial charge >= 0.3 is 5.97 Å². The summed E-state index contributed by atoms with van der Waals surface area (Å²) in [5.41, 5.74) is -3.21. The number of halogens is 1. The summed E-state index contributed by atoms with van der Waals surface area (Å²) in [5.74, 6) is -1.62. The van der Waals surface area contributed by atoms with Crippen LogP contribution in [0.25, 0.3) is 0 Å². The van der Waals surface area contributed by atoms with Gasteiger partial charge in [-0.2, -0.15) is 5.10 Å². The minimum atomic E-state index is -2.19. The molecule has 8 atom stereocenters. The number of aliphatic hydroxyl groups excluding tert-OH is 2. The van der Waals surface area contributed by atoms with Crippen LogP contribution < -0.4 is 0 Å². The number of nitrogens with zero attached hydrogens (tertiary/aromatic N) is 2.